The van der Waals surface area contributed by atoms with Crippen LogP contribution in [0.2, 0.25) is 0 Å². The molecule has 29 heavy (non-hydrogen) atoms. The normalized spacial score (nSPS) is 22.8. The van der Waals surface area contributed by atoms with Gasteiger partial charge in [-0.05, 0) is 46.2 Å². The molecule has 2 aliphatic rings. The zero-order valence-corrected chi connectivity index (χ0v) is 17.8. The van der Waals surface area contributed by atoms with Crippen molar-refractivity contribution in [1.29, 1.82) is 0 Å². The largest absolute Gasteiger partial charge is 0.485 e. The molecular formula is C22H31N3O4. The summed E-state index contributed by atoms with van der Waals surface area (Å²) in [6.07, 6.45) is 1.34. The van der Waals surface area contributed by atoms with E-state index in [2.05, 4.69) is 5.32 Å². The highest BCUT2D eigenvalue weighted by atomic mass is 16.5. The van der Waals surface area contributed by atoms with Gasteiger partial charge in [-0.3, -0.25) is 14.4 Å². The fourth-order valence-corrected chi connectivity index (χ4v) is 4.19. The van der Waals surface area contributed by atoms with Gasteiger partial charge in [0.2, 0.25) is 11.8 Å². The molecule has 2 heterocycles. The molecule has 0 bridgehead atoms. The molecular weight excluding hydrogens is 370 g/mol. The molecule has 0 radical (unpaired) electrons. The standard InChI is InChI=1S/C22H31N3O4/c1-5-24(6-2)21(28)16(4)25-12-11-22(10-9-19(25)26)14-23-20(27)17-13-15(3)7-8-18(17)29-22/h7-8,13,16H,5-6,9-12,14H2,1-4H3,(H,23,27). The molecule has 1 N–H and O–H groups in total. The predicted molar refractivity (Wildman–Crippen MR) is 110 cm³/mol. The Morgan fingerprint density at radius 1 is 1.28 bits per heavy atom. The molecule has 7 nitrogen and oxygen atoms in total. The second-order valence-corrected chi connectivity index (χ2v) is 7.99. The summed E-state index contributed by atoms with van der Waals surface area (Å²) in [5, 5.41) is 2.97. The number of fused-ring (bicyclic) bond motifs is 1. The van der Waals surface area contributed by atoms with Crippen LogP contribution in [0.3, 0.4) is 0 Å². The summed E-state index contributed by atoms with van der Waals surface area (Å²) >= 11 is 0. The molecule has 2 aliphatic heterocycles. The maximum atomic E-state index is 12.8. The van der Waals surface area contributed by atoms with Gasteiger partial charge in [0.1, 0.15) is 17.4 Å². The summed E-state index contributed by atoms with van der Waals surface area (Å²) in [5.41, 5.74) is 0.863. The van der Waals surface area contributed by atoms with Crippen LogP contribution in [-0.2, 0) is 9.59 Å². The first kappa shape index (κ1) is 21.1. The van der Waals surface area contributed by atoms with E-state index in [0.717, 1.165) is 5.56 Å². The van der Waals surface area contributed by atoms with Crippen molar-refractivity contribution in [2.75, 3.05) is 26.2 Å². The van der Waals surface area contributed by atoms with Crippen molar-refractivity contribution in [2.45, 2.75) is 58.6 Å². The lowest BCUT2D eigenvalue weighted by Crippen LogP contribution is -2.50. The fourth-order valence-electron chi connectivity index (χ4n) is 4.19. The Morgan fingerprint density at radius 3 is 2.69 bits per heavy atom. The summed E-state index contributed by atoms with van der Waals surface area (Å²) in [5.74, 6) is 0.324. The van der Waals surface area contributed by atoms with Crippen molar-refractivity contribution in [3.8, 4) is 5.75 Å². The molecule has 1 aromatic rings. The van der Waals surface area contributed by atoms with Crippen molar-refractivity contribution in [3.05, 3.63) is 29.3 Å². The van der Waals surface area contributed by atoms with Gasteiger partial charge in [-0.25, -0.2) is 0 Å². The molecule has 7 heteroatoms. The zero-order valence-electron chi connectivity index (χ0n) is 17.8. The molecule has 2 atom stereocenters. The average molecular weight is 402 g/mol. The number of aryl methyl sites for hydroxylation is 1. The number of likely N-dealkylation sites (tertiary alicyclic amines) is 1. The molecule has 2 unspecified atom stereocenters. The van der Waals surface area contributed by atoms with Gasteiger partial charge in [-0.1, -0.05) is 11.6 Å². The number of carbonyl (C=O) groups is 3. The second kappa shape index (κ2) is 8.43. The van der Waals surface area contributed by atoms with E-state index in [4.69, 9.17) is 4.74 Å². The third-order valence-electron chi connectivity index (χ3n) is 6.10. The van der Waals surface area contributed by atoms with E-state index in [1.165, 1.54) is 0 Å². The van der Waals surface area contributed by atoms with Crippen LogP contribution >= 0.6 is 0 Å². The molecule has 0 aromatic heterocycles. The SMILES string of the molecule is CCN(CC)C(=O)C(C)N1CCC2(CCC1=O)CNC(=O)c1cc(C)ccc1O2. The monoisotopic (exact) mass is 401 g/mol. The summed E-state index contributed by atoms with van der Waals surface area (Å²) in [6.45, 7) is 9.62. The minimum absolute atomic E-state index is 0.0322. The number of nitrogens with zero attached hydrogens (tertiary/aromatic N) is 2. The van der Waals surface area contributed by atoms with Gasteiger partial charge < -0.3 is 19.9 Å². The van der Waals surface area contributed by atoms with E-state index >= 15 is 0 Å². The quantitative estimate of drug-likeness (QED) is 0.838. The summed E-state index contributed by atoms with van der Waals surface area (Å²) in [6, 6.07) is 5.06. The van der Waals surface area contributed by atoms with E-state index in [9.17, 15) is 14.4 Å². The first-order valence-corrected chi connectivity index (χ1v) is 10.5. The number of hydrogen-bond acceptors (Lipinski definition) is 4. The number of amides is 3. The number of rotatable bonds is 4. The molecule has 1 spiro atoms. The van der Waals surface area contributed by atoms with E-state index in [1.54, 1.807) is 16.7 Å². The van der Waals surface area contributed by atoms with Crippen molar-refractivity contribution >= 4 is 17.7 Å². The smallest absolute Gasteiger partial charge is 0.255 e. The lowest BCUT2D eigenvalue weighted by atomic mass is 9.94. The van der Waals surface area contributed by atoms with Gasteiger partial charge in [0.05, 0.1) is 12.1 Å². The number of hydrogen-bond donors (Lipinski definition) is 1. The van der Waals surface area contributed by atoms with Crippen LogP contribution in [0, 0.1) is 6.92 Å². The van der Waals surface area contributed by atoms with E-state index < -0.39 is 11.6 Å². The van der Waals surface area contributed by atoms with Crippen LogP contribution in [0.25, 0.3) is 0 Å². The van der Waals surface area contributed by atoms with Gasteiger partial charge in [0.25, 0.3) is 5.91 Å². The summed E-state index contributed by atoms with van der Waals surface area (Å²) in [4.78, 5) is 41.5. The van der Waals surface area contributed by atoms with Gasteiger partial charge in [-0.15, -0.1) is 0 Å². The first-order chi connectivity index (χ1) is 13.8. The maximum absolute atomic E-state index is 12.8. The molecule has 1 fully saturated rings. The highest BCUT2D eigenvalue weighted by Gasteiger charge is 2.42. The number of likely N-dealkylation sites (N-methyl/N-ethyl adjacent to an activating group) is 1. The van der Waals surface area contributed by atoms with Gasteiger partial charge in [-0.2, -0.15) is 0 Å². The van der Waals surface area contributed by atoms with Crippen molar-refractivity contribution in [2.24, 2.45) is 0 Å². The van der Waals surface area contributed by atoms with Gasteiger partial charge >= 0.3 is 0 Å². The van der Waals surface area contributed by atoms with Crippen molar-refractivity contribution in [1.82, 2.24) is 15.1 Å². The average Bonchev–Trinajstić information content (AvgIpc) is 2.95. The minimum atomic E-state index is -0.654. The molecule has 158 valence electrons. The number of carbonyl (C=O) groups excluding carboxylic acids is 3. The first-order valence-electron chi connectivity index (χ1n) is 10.5. The summed E-state index contributed by atoms with van der Waals surface area (Å²) in [7, 11) is 0. The van der Waals surface area contributed by atoms with Crippen molar-refractivity contribution < 1.29 is 19.1 Å². The Morgan fingerprint density at radius 2 is 2.00 bits per heavy atom. The fraction of sp³-hybridized carbons (Fsp3) is 0.591. The Hall–Kier alpha value is -2.57. The number of nitrogens with one attached hydrogen (secondary N) is 1. The van der Waals surface area contributed by atoms with Crippen LogP contribution in [0.4, 0.5) is 0 Å². The molecule has 3 rings (SSSR count). The summed E-state index contributed by atoms with van der Waals surface area (Å²) < 4.78 is 6.36. The predicted octanol–water partition coefficient (Wildman–Crippen LogP) is 2.13. The molecule has 0 saturated carbocycles. The third-order valence-corrected chi connectivity index (χ3v) is 6.10. The number of benzene rings is 1. The van der Waals surface area contributed by atoms with E-state index in [-0.39, 0.29) is 24.1 Å². The highest BCUT2D eigenvalue weighted by Crippen LogP contribution is 2.34. The number of ether oxygens (including phenoxy) is 1. The third kappa shape index (κ3) is 4.23. The molecule has 1 aromatic carbocycles. The van der Waals surface area contributed by atoms with E-state index in [0.29, 0.717) is 50.3 Å². The van der Waals surface area contributed by atoms with Gasteiger partial charge in [0.15, 0.2) is 0 Å². The van der Waals surface area contributed by atoms with Gasteiger partial charge in [0, 0.05) is 32.5 Å². The van der Waals surface area contributed by atoms with E-state index in [1.807, 2.05) is 39.0 Å². The lowest BCUT2D eigenvalue weighted by molar-refractivity contribution is -0.144. The molecule has 3 amide bonds. The maximum Gasteiger partial charge on any atom is 0.255 e. The van der Waals surface area contributed by atoms with Crippen LogP contribution in [-0.4, -0.2) is 65.3 Å². The van der Waals surface area contributed by atoms with Crippen molar-refractivity contribution in [3.63, 3.8) is 0 Å². The lowest BCUT2D eigenvalue weighted by Gasteiger charge is -2.33. The zero-order chi connectivity index (χ0) is 21.2. The van der Waals surface area contributed by atoms with Crippen LogP contribution < -0.4 is 10.1 Å². The molecule has 0 aliphatic carbocycles. The Kier molecular flexibility index (Phi) is 6.15. The minimum Gasteiger partial charge on any atom is -0.485 e. The van der Waals surface area contributed by atoms with Crippen LogP contribution in [0.5, 0.6) is 5.75 Å². The highest BCUT2D eigenvalue weighted by molar-refractivity contribution is 5.97. The Balaban J connectivity index is 1.81. The van der Waals surface area contributed by atoms with Crippen LogP contribution in [0.15, 0.2) is 18.2 Å². The molecule has 1 saturated heterocycles. The Labute approximate surface area is 172 Å². The van der Waals surface area contributed by atoms with Crippen LogP contribution in [0.1, 0.15) is 56.0 Å². The topological polar surface area (TPSA) is 79.0 Å². The second-order valence-electron chi connectivity index (χ2n) is 7.99. The Bertz CT molecular complexity index is 805.